The maximum atomic E-state index is 12.5. The molecule has 0 unspecified atom stereocenters. The molecule has 0 saturated carbocycles. The molecule has 0 spiro atoms. The highest BCUT2D eigenvalue weighted by Gasteiger charge is 2.35. The number of nitrogens with zero attached hydrogens (tertiary/aromatic N) is 4. The number of pyridine rings is 1. The van der Waals surface area contributed by atoms with E-state index in [2.05, 4.69) is 11.1 Å². The minimum absolute atomic E-state index is 0.143. The lowest BCUT2D eigenvalue weighted by atomic mass is 10.1. The largest absolute Gasteiger partial charge is 0.279 e. The van der Waals surface area contributed by atoms with Crippen molar-refractivity contribution in [1.29, 1.82) is 5.26 Å². The Morgan fingerprint density at radius 3 is 2.29 bits per heavy atom. The molecule has 0 aliphatic carbocycles. The van der Waals surface area contributed by atoms with Crippen molar-refractivity contribution in [3.63, 3.8) is 0 Å². The molecule has 2 aromatic rings. The predicted molar refractivity (Wildman–Crippen MR) is 86.7 cm³/mol. The van der Waals surface area contributed by atoms with Crippen molar-refractivity contribution < 1.29 is 9.59 Å². The SMILES string of the molecule is N#CCCN(Cc1ccccn1)CN1C(=O)c2ccccc2C1=O. The molecule has 0 saturated heterocycles. The van der Waals surface area contributed by atoms with Gasteiger partial charge in [-0.3, -0.25) is 24.4 Å². The molecule has 2 amide bonds. The second-order valence-corrected chi connectivity index (χ2v) is 5.51. The number of nitriles is 1. The quantitative estimate of drug-likeness (QED) is 0.761. The molecule has 0 bridgehead atoms. The van der Waals surface area contributed by atoms with Crippen LogP contribution in [0.5, 0.6) is 0 Å². The summed E-state index contributed by atoms with van der Waals surface area (Å²) >= 11 is 0. The summed E-state index contributed by atoms with van der Waals surface area (Å²) in [5.41, 5.74) is 1.69. The first-order chi connectivity index (χ1) is 11.7. The summed E-state index contributed by atoms with van der Waals surface area (Å²) in [6.07, 6.45) is 2.01. The van der Waals surface area contributed by atoms with Crippen LogP contribution in [0, 0.1) is 11.3 Å². The summed E-state index contributed by atoms with van der Waals surface area (Å²) in [5.74, 6) is -0.586. The number of benzene rings is 1. The Labute approximate surface area is 139 Å². The van der Waals surface area contributed by atoms with Gasteiger partial charge in [-0.05, 0) is 24.3 Å². The molecule has 1 aromatic heterocycles. The third-order valence-electron chi connectivity index (χ3n) is 3.87. The Morgan fingerprint density at radius 2 is 1.71 bits per heavy atom. The van der Waals surface area contributed by atoms with Gasteiger partial charge in [0.1, 0.15) is 0 Å². The average Bonchev–Trinajstić information content (AvgIpc) is 2.86. The van der Waals surface area contributed by atoms with Crippen molar-refractivity contribution in [2.45, 2.75) is 13.0 Å². The van der Waals surface area contributed by atoms with Crippen LogP contribution in [0.4, 0.5) is 0 Å². The number of fused-ring (bicyclic) bond motifs is 1. The molecule has 24 heavy (non-hydrogen) atoms. The van der Waals surface area contributed by atoms with Gasteiger partial charge >= 0.3 is 0 Å². The topological polar surface area (TPSA) is 77.3 Å². The number of rotatable bonds is 6. The smallest absolute Gasteiger partial charge is 0.262 e. The Morgan fingerprint density at radius 1 is 1.04 bits per heavy atom. The van der Waals surface area contributed by atoms with E-state index in [9.17, 15) is 9.59 Å². The highest BCUT2D eigenvalue weighted by molar-refractivity contribution is 6.21. The van der Waals surface area contributed by atoms with Gasteiger partial charge in [-0.15, -0.1) is 0 Å². The molecular formula is C18H16N4O2. The van der Waals surface area contributed by atoms with Crippen LogP contribution in [0.1, 0.15) is 32.8 Å². The first-order valence-corrected chi connectivity index (χ1v) is 7.65. The highest BCUT2D eigenvalue weighted by atomic mass is 16.2. The van der Waals surface area contributed by atoms with Crippen LogP contribution in [-0.2, 0) is 6.54 Å². The molecule has 6 nitrogen and oxygen atoms in total. The normalized spacial score (nSPS) is 13.2. The number of amides is 2. The Balaban J connectivity index is 1.77. The Hall–Kier alpha value is -3.04. The number of hydrogen-bond donors (Lipinski definition) is 0. The zero-order valence-electron chi connectivity index (χ0n) is 13.1. The molecule has 0 N–H and O–H groups in total. The molecule has 1 aliphatic rings. The summed E-state index contributed by atoms with van der Waals surface area (Å²) < 4.78 is 0. The summed E-state index contributed by atoms with van der Waals surface area (Å²) in [6.45, 7) is 1.07. The Kier molecular flexibility index (Phi) is 4.64. The van der Waals surface area contributed by atoms with Crippen LogP contribution in [0.15, 0.2) is 48.7 Å². The number of aromatic nitrogens is 1. The second kappa shape index (κ2) is 7.02. The Bertz CT molecular complexity index is 763. The maximum absolute atomic E-state index is 12.5. The average molecular weight is 320 g/mol. The van der Waals surface area contributed by atoms with Crippen molar-refractivity contribution in [2.24, 2.45) is 0 Å². The van der Waals surface area contributed by atoms with Gasteiger partial charge in [0, 0.05) is 25.7 Å². The summed E-state index contributed by atoms with van der Waals surface area (Å²) in [4.78, 5) is 32.3. The minimum atomic E-state index is -0.293. The lowest BCUT2D eigenvalue weighted by Crippen LogP contribution is -2.41. The van der Waals surface area contributed by atoms with Gasteiger partial charge in [-0.2, -0.15) is 5.26 Å². The maximum Gasteiger partial charge on any atom is 0.262 e. The third kappa shape index (κ3) is 3.16. The van der Waals surface area contributed by atoms with Gasteiger partial charge in [0.2, 0.25) is 0 Å². The summed E-state index contributed by atoms with van der Waals surface area (Å²) in [7, 11) is 0. The molecule has 0 atom stereocenters. The van der Waals surface area contributed by atoms with Crippen LogP contribution < -0.4 is 0 Å². The minimum Gasteiger partial charge on any atom is -0.279 e. The molecule has 0 fully saturated rings. The van der Waals surface area contributed by atoms with E-state index in [1.54, 1.807) is 30.5 Å². The van der Waals surface area contributed by atoms with E-state index in [1.165, 1.54) is 4.90 Å². The zero-order chi connectivity index (χ0) is 16.9. The molecule has 120 valence electrons. The van der Waals surface area contributed by atoms with E-state index in [0.717, 1.165) is 5.69 Å². The summed E-state index contributed by atoms with van der Waals surface area (Å²) in [5, 5.41) is 8.85. The standard InChI is InChI=1S/C18H16N4O2/c19-9-5-11-21(12-14-6-3-4-10-20-14)13-22-17(23)15-7-1-2-8-16(15)18(22)24/h1-4,6-8,10H,5,11-13H2. The van der Waals surface area contributed by atoms with Crippen LogP contribution in [0.25, 0.3) is 0 Å². The molecule has 6 heteroatoms. The number of carbonyl (C=O) groups excluding carboxylic acids is 2. The second-order valence-electron chi connectivity index (χ2n) is 5.51. The van der Waals surface area contributed by atoms with E-state index in [-0.39, 0.29) is 18.5 Å². The van der Waals surface area contributed by atoms with Crippen LogP contribution >= 0.6 is 0 Å². The van der Waals surface area contributed by atoms with E-state index in [4.69, 9.17) is 5.26 Å². The van der Waals surface area contributed by atoms with Gasteiger partial charge in [-0.1, -0.05) is 18.2 Å². The van der Waals surface area contributed by atoms with Crippen molar-refractivity contribution in [2.75, 3.05) is 13.2 Å². The lowest BCUT2D eigenvalue weighted by molar-refractivity contribution is 0.0533. The van der Waals surface area contributed by atoms with Crippen molar-refractivity contribution in [3.05, 3.63) is 65.5 Å². The van der Waals surface area contributed by atoms with Gasteiger partial charge in [0.05, 0.1) is 29.6 Å². The van der Waals surface area contributed by atoms with Gasteiger partial charge < -0.3 is 0 Å². The fraction of sp³-hybridized carbons (Fsp3) is 0.222. The molecule has 2 heterocycles. The van der Waals surface area contributed by atoms with E-state index >= 15 is 0 Å². The lowest BCUT2D eigenvalue weighted by Gasteiger charge is -2.25. The van der Waals surface area contributed by atoms with E-state index in [1.807, 2.05) is 23.1 Å². The van der Waals surface area contributed by atoms with Gasteiger partial charge in [0.15, 0.2) is 0 Å². The van der Waals surface area contributed by atoms with Gasteiger partial charge in [-0.25, -0.2) is 0 Å². The van der Waals surface area contributed by atoms with Crippen molar-refractivity contribution in [1.82, 2.24) is 14.8 Å². The first kappa shape index (κ1) is 15.8. The first-order valence-electron chi connectivity index (χ1n) is 7.65. The van der Waals surface area contributed by atoms with Crippen LogP contribution in [-0.4, -0.2) is 39.8 Å². The fourth-order valence-electron chi connectivity index (χ4n) is 2.70. The number of imide groups is 1. The fourth-order valence-corrected chi connectivity index (χ4v) is 2.70. The number of hydrogen-bond acceptors (Lipinski definition) is 5. The number of carbonyl (C=O) groups is 2. The zero-order valence-corrected chi connectivity index (χ0v) is 13.1. The molecular weight excluding hydrogens is 304 g/mol. The molecule has 3 rings (SSSR count). The molecule has 1 aromatic carbocycles. The molecule has 0 radical (unpaired) electrons. The molecule has 1 aliphatic heterocycles. The van der Waals surface area contributed by atoms with Crippen LogP contribution in [0.2, 0.25) is 0 Å². The predicted octanol–water partition coefficient (Wildman–Crippen LogP) is 2.05. The van der Waals surface area contributed by atoms with E-state index < -0.39 is 0 Å². The van der Waals surface area contributed by atoms with Crippen molar-refractivity contribution >= 4 is 11.8 Å². The highest BCUT2D eigenvalue weighted by Crippen LogP contribution is 2.22. The monoisotopic (exact) mass is 320 g/mol. The van der Waals surface area contributed by atoms with E-state index in [0.29, 0.717) is 30.6 Å². The summed E-state index contributed by atoms with van der Waals surface area (Å²) in [6, 6.07) is 14.5. The van der Waals surface area contributed by atoms with Crippen molar-refractivity contribution in [3.8, 4) is 6.07 Å². The van der Waals surface area contributed by atoms with Crippen LogP contribution in [0.3, 0.4) is 0 Å². The van der Waals surface area contributed by atoms with Gasteiger partial charge in [0.25, 0.3) is 11.8 Å². The third-order valence-corrected chi connectivity index (χ3v) is 3.87.